The highest BCUT2D eigenvalue weighted by molar-refractivity contribution is 6.00. The van der Waals surface area contributed by atoms with E-state index in [2.05, 4.69) is 25.8 Å². The molecule has 1 heterocycles. The number of nitrogens with zero attached hydrogens (tertiary/aromatic N) is 3. The zero-order valence-corrected chi connectivity index (χ0v) is 12.7. The van der Waals surface area contributed by atoms with Crippen LogP contribution in [0.15, 0.2) is 23.7 Å². The summed E-state index contributed by atoms with van der Waals surface area (Å²) in [6.07, 6.45) is 10.1. The highest BCUT2D eigenvalue weighted by atomic mass is 16.2. The fourth-order valence-electron chi connectivity index (χ4n) is 2.42. The van der Waals surface area contributed by atoms with Crippen LogP contribution in [-0.2, 0) is 4.79 Å². The molecule has 0 aromatic carbocycles. The third-order valence-corrected chi connectivity index (χ3v) is 3.53. The average molecular weight is 303 g/mol. The highest BCUT2D eigenvalue weighted by Crippen LogP contribution is 2.17. The van der Waals surface area contributed by atoms with Gasteiger partial charge in [0.15, 0.2) is 0 Å². The first-order chi connectivity index (χ1) is 10.6. The van der Waals surface area contributed by atoms with Crippen molar-refractivity contribution in [2.75, 3.05) is 0 Å². The van der Waals surface area contributed by atoms with Crippen molar-refractivity contribution in [3.05, 3.63) is 24.3 Å². The minimum Gasteiger partial charge on any atom is -0.353 e. The average Bonchev–Trinajstić information content (AvgIpc) is 2.54. The number of carbonyl (C=O) groups is 2. The van der Waals surface area contributed by atoms with Gasteiger partial charge < -0.3 is 5.32 Å². The normalized spacial score (nSPS) is 16.1. The summed E-state index contributed by atoms with van der Waals surface area (Å²) >= 11 is 0. The molecule has 7 heteroatoms. The monoisotopic (exact) mass is 303 g/mol. The molecule has 1 aliphatic carbocycles. The zero-order chi connectivity index (χ0) is 15.8. The minimum atomic E-state index is -0.444. The van der Waals surface area contributed by atoms with Gasteiger partial charge in [-0.3, -0.25) is 14.6 Å². The first-order valence-corrected chi connectivity index (χ1v) is 7.54. The first-order valence-electron chi connectivity index (χ1n) is 7.54. The topological polar surface area (TPSA) is 96.3 Å². The number of rotatable bonds is 5. The van der Waals surface area contributed by atoms with Gasteiger partial charge in [-0.1, -0.05) is 19.3 Å². The van der Waals surface area contributed by atoms with Crippen LogP contribution in [0.5, 0.6) is 0 Å². The second-order valence-corrected chi connectivity index (χ2v) is 5.46. The first kappa shape index (κ1) is 16.1. The molecule has 2 N–H and O–H groups in total. The highest BCUT2D eigenvalue weighted by Gasteiger charge is 2.16. The molecule has 0 atom stereocenters. The molecular weight excluding hydrogens is 282 g/mol. The smallest absolute Gasteiger partial charge is 0.291 e. The SMILES string of the molecule is CC(CC(=O)NC1CCCCC1)=NNC(=O)c1cnccn1. The van der Waals surface area contributed by atoms with Crippen molar-refractivity contribution in [1.29, 1.82) is 0 Å². The van der Waals surface area contributed by atoms with Crippen LogP contribution in [0.3, 0.4) is 0 Å². The number of hydrazone groups is 1. The second-order valence-electron chi connectivity index (χ2n) is 5.46. The molecule has 7 nitrogen and oxygen atoms in total. The van der Waals surface area contributed by atoms with Gasteiger partial charge in [0, 0.05) is 24.1 Å². The number of nitrogens with one attached hydrogen (secondary N) is 2. The Morgan fingerprint density at radius 1 is 1.27 bits per heavy atom. The summed E-state index contributed by atoms with van der Waals surface area (Å²) in [5, 5.41) is 6.94. The number of aromatic nitrogens is 2. The molecule has 1 aliphatic rings. The van der Waals surface area contributed by atoms with Gasteiger partial charge in [0.05, 0.1) is 12.6 Å². The predicted molar refractivity (Wildman–Crippen MR) is 82.2 cm³/mol. The summed E-state index contributed by atoms with van der Waals surface area (Å²) in [4.78, 5) is 31.3. The van der Waals surface area contributed by atoms with Crippen molar-refractivity contribution in [2.24, 2.45) is 5.10 Å². The summed E-state index contributed by atoms with van der Waals surface area (Å²) in [7, 11) is 0. The maximum Gasteiger partial charge on any atom is 0.291 e. The van der Waals surface area contributed by atoms with E-state index in [9.17, 15) is 9.59 Å². The van der Waals surface area contributed by atoms with Crippen molar-refractivity contribution < 1.29 is 9.59 Å². The van der Waals surface area contributed by atoms with Gasteiger partial charge in [-0.05, 0) is 19.8 Å². The van der Waals surface area contributed by atoms with Crippen LogP contribution in [0.1, 0.15) is 55.9 Å². The molecule has 0 saturated heterocycles. The maximum absolute atomic E-state index is 11.9. The molecule has 1 saturated carbocycles. The van der Waals surface area contributed by atoms with Crippen LogP contribution in [0.2, 0.25) is 0 Å². The predicted octanol–water partition coefficient (Wildman–Crippen LogP) is 1.42. The Balaban J connectivity index is 1.77. The van der Waals surface area contributed by atoms with Gasteiger partial charge in [0.1, 0.15) is 5.69 Å². The van der Waals surface area contributed by atoms with Gasteiger partial charge >= 0.3 is 0 Å². The summed E-state index contributed by atoms with van der Waals surface area (Å²) in [6.45, 7) is 1.71. The maximum atomic E-state index is 11.9. The number of hydrogen-bond donors (Lipinski definition) is 2. The number of hydrogen-bond acceptors (Lipinski definition) is 5. The van der Waals surface area contributed by atoms with Crippen molar-refractivity contribution in [3.63, 3.8) is 0 Å². The fraction of sp³-hybridized carbons (Fsp3) is 0.533. The molecule has 118 valence electrons. The lowest BCUT2D eigenvalue weighted by Gasteiger charge is -2.22. The van der Waals surface area contributed by atoms with E-state index < -0.39 is 5.91 Å². The molecule has 0 radical (unpaired) electrons. The van der Waals surface area contributed by atoms with E-state index in [0.29, 0.717) is 5.71 Å². The van der Waals surface area contributed by atoms with Gasteiger partial charge in [0.2, 0.25) is 5.91 Å². The molecule has 2 rings (SSSR count). The third kappa shape index (κ3) is 5.23. The summed E-state index contributed by atoms with van der Waals surface area (Å²) in [5.74, 6) is -0.498. The molecule has 0 unspecified atom stereocenters. The Labute approximate surface area is 129 Å². The van der Waals surface area contributed by atoms with Crippen LogP contribution in [0.4, 0.5) is 0 Å². The van der Waals surface area contributed by atoms with E-state index in [1.165, 1.54) is 37.9 Å². The Morgan fingerprint density at radius 2 is 2.05 bits per heavy atom. The Kier molecular flexibility index (Phi) is 6.00. The molecule has 0 spiro atoms. The summed E-state index contributed by atoms with van der Waals surface area (Å²) < 4.78 is 0. The number of carbonyl (C=O) groups excluding carboxylic acids is 2. The van der Waals surface area contributed by atoms with E-state index in [4.69, 9.17) is 0 Å². The van der Waals surface area contributed by atoms with Gasteiger partial charge in [-0.25, -0.2) is 10.4 Å². The van der Waals surface area contributed by atoms with Gasteiger partial charge in [-0.15, -0.1) is 0 Å². The summed E-state index contributed by atoms with van der Waals surface area (Å²) in [6, 6.07) is 0.281. The molecular formula is C15H21N5O2. The Hall–Kier alpha value is -2.31. The fourth-order valence-corrected chi connectivity index (χ4v) is 2.42. The molecule has 1 aromatic heterocycles. The van der Waals surface area contributed by atoms with E-state index in [1.807, 2.05) is 0 Å². The summed E-state index contributed by atoms with van der Waals surface area (Å²) in [5.41, 5.74) is 3.11. The lowest BCUT2D eigenvalue weighted by atomic mass is 9.95. The lowest BCUT2D eigenvalue weighted by Crippen LogP contribution is -2.37. The third-order valence-electron chi connectivity index (χ3n) is 3.53. The van der Waals surface area contributed by atoms with Crippen molar-refractivity contribution in [2.45, 2.75) is 51.5 Å². The molecule has 22 heavy (non-hydrogen) atoms. The van der Waals surface area contributed by atoms with Gasteiger partial charge in [0.25, 0.3) is 5.91 Å². The van der Waals surface area contributed by atoms with E-state index in [1.54, 1.807) is 6.92 Å². The largest absolute Gasteiger partial charge is 0.353 e. The standard InChI is InChI=1S/C15H21N5O2/c1-11(9-14(21)18-12-5-3-2-4-6-12)19-20-15(22)13-10-16-7-8-17-13/h7-8,10,12H,2-6,9H2,1H3,(H,18,21)(H,20,22). The molecule has 0 aliphatic heterocycles. The molecule has 1 aromatic rings. The van der Waals surface area contributed by atoms with Crippen LogP contribution in [0, 0.1) is 0 Å². The number of amides is 2. The molecule has 2 amide bonds. The Morgan fingerprint density at radius 3 is 2.73 bits per heavy atom. The van der Waals surface area contributed by atoms with Crippen molar-refractivity contribution in [3.8, 4) is 0 Å². The van der Waals surface area contributed by atoms with Crippen molar-refractivity contribution >= 4 is 17.5 Å². The van der Waals surface area contributed by atoms with E-state index in [0.717, 1.165) is 12.8 Å². The van der Waals surface area contributed by atoms with Crippen LogP contribution in [0.25, 0.3) is 0 Å². The lowest BCUT2D eigenvalue weighted by molar-refractivity contribution is -0.120. The van der Waals surface area contributed by atoms with Crippen LogP contribution < -0.4 is 10.7 Å². The zero-order valence-electron chi connectivity index (χ0n) is 12.7. The van der Waals surface area contributed by atoms with Crippen LogP contribution >= 0.6 is 0 Å². The molecule has 0 bridgehead atoms. The van der Waals surface area contributed by atoms with Gasteiger partial charge in [-0.2, -0.15) is 5.10 Å². The van der Waals surface area contributed by atoms with E-state index >= 15 is 0 Å². The Bertz CT molecular complexity index is 538. The quantitative estimate of drug-likeness (QED) is 0.635. The molecule has 1 fully saturated rings. The van der Waals surface area contributed by atoms with E-state index in [-0.39, 0.29) is 24.1 Å². The second kappa shape index (κ2) is 8.21. The van der Waals surface area contributed by atoms with Crippen molar-refractivity contribution in [1.82, 2.24) is 20.7 Å². The minimum absolute atomic E-state index is 0.0538. The van der Waals surface area contributed by atoms with Crippen LogP contribution in [-0.4, -0.2) is 33.5 Å².